The van der Waals surface area contributed by atoms with Gasteiger partial charge in [0.1, 0.15) is 0 Å². The van der Waals surface area contributed by atoms with E-state index in [1.807, 2.05) is 13.8 Å². The SMILES string of the molecule is CCCOc1cc([N+](=O)[O-])c([N+](=O)[O-])cc1OCCC. The van der Waals surface area contributed by atoms with Crippen molar-refractivity contribution < 1.29 is 19.3 Å². The molecule has 0 saturated heterocycles. The summed E-state index contributed by atoms with van der Waals surface area (Å²) < 4.78 is 10.7. The van der Waals surface area contributed by atoms with Gasteiger partial charge in [-0.25, -0.2) is 0 Å². The molecular formula is C12H16N2O6. The van der Waals surface area contributed by atoms with Crippen molar-refractivity contribution in [3.63, 3.8) is 0 Å². The molecule has 1 rings (SSSR count). The summed E-state index contributed by atoms with van der Waals surface area (Å²) in [5, 5.41) is 21.8. The van der Waals surface area contributed by atoms with E-state index in [2.05, 4.69) is 0 Å². The average Bonchev–Trinajstić information content (AvgIpc) is 2.42. The first-order chi connectivity index (χ1) is 9.51. The Morgan fingerprint density at radius 3 is 1.50 bits per heavy atom. The van der Waals surface area contributed by atoms with Gasteiger partial charge in [0.15, 0.2) is 11.5 Å². The summed E-state index contributed by atoms with van der Waals surface area (Å²) in [7, 11) is 0. The van der Waals surface area contributed by atoms with E-state index in [1.54, 1.807) is 0 Å². The van der Waals surface area contributed by atoms with Gasteiger partial charge in [0.2, 0.25) is 0 Å². The highest BCUT2D eigenvalue weighted by molar-refractivity contribution is 5.62. The van der Waals surface area contributed by atoms with E-state index in [1.165, 1.54) is 0 Å². The van der Waals surface area contributed by atoms with E-state index in [4.69, 9.17) is 9.47 Å². The number of benzene rings is 1. The number of nitrogens with zero attached hydrogens (tertiary/aromatic N) is 2. The molecule has 20 heavy (non-hydrogen) atoms. The van der Waals surface area contributed by atoms with Crippen LogP contribution in [0.1, 0.15) is 26.7 Å². The van der Waals surface area contributed by atoms with Gasteiger partial charge >= 0.3 is 11.4 Å². The zero-order valence-corrected chi connectivity index (χ0v) is 11.3. The van der Waals surface area contributed by atoms with Gasteiger partial charge in [-0.2, -0.15) is 0 Å². The smallest absolute Gasteiger partial charge is 0.350 e. The van der Waals surface area contributed by atoms with E-state index >= 15 is 0 Å². The maximum atomic E-state index is 10.9. The molecule has 0 aromatic heterocycles. The van der Waals surface area contributed by atoms with E-state index in [-0.39, 0.29) is 11.5 Å². The predicted molar refractivity (Wildman–Crippen MR) is 71.3 cm³/mol. The van der Waals surface area contributed by atoms with E-state index in [0.29, 0.717) is 26.1 Å². The lowest BCUT2D eigenvalue weighted by atomic mass is 10.2. The maximum Gasteiger partial charge on any atom is 0.350 e. The molecule has 110 valence electrons. The molecule has 0 aliphatic heterocycles. The molecule has 1 aromatic rings. The maximum absolute atomic E-state index is 10.9. The molecule has 0 spiro atoms. The summed E-state index contributed by atoms with van der Waals surface area (Å²) in [6, 6.07) is 2.08. The molecule has 0 heterocycles. The molecule has 0 aliphatic rings. The third-order valence-corrected chi connectivity index (χ3v) is 2.36. The lowest BCUT2D eigenvalue weighted by Gasteiger charge is -2.11. The van der Waals surface area contributed by atoms with Crippen molar-refractivity contribution in [1.29, 1.82) is 0 Å². The highest BCUT2D eigenvalue weighted by Crippen LogP contribution is 2.39. The Bertz CT molecular complexity index is 458. The van der Waals surface area contributed by atoms with E-state index in [9.17, 15) is 20.2 Å². The summed E-state index contributed by atoms with van der Waals surface area (Å²) in [4.78, 5) is 20.2. The summed E-state index contributed by atoms with van der Waals surface area (Å²) in [6.07, 6.45) is 1.41. The number of nitro benzene ring substituents is 2. The Labute approximate surface area is 115 Å². The van der Waals surface area contributed by atoms with Crippen LogP contribution in [-0.2, 0) is 0 Å². The number of hydrogen-bond acceptors (Lipinski definition) is 6. The van der Waals surface area contributed by atoms with Gasteiger partial charge in [-0.05, 0) is 12.8 Å². The number of rotatable bonds is 8. The molecule has 8 nitrogen and oxygen atoms in total. The highest BCUT2D eigenvalue weighted by Gasteiger charge is 2.28. The Morgan fingerprint density at radius 1 is 0.900 bits per heavy atom. The minimum atomic E-state index is -0.805. The fourth-order valence-corrected chi connectivity index (χ4v) is 1.48. The number of ether oxygens (including phenoxy) is 2. The normalized spacial score (nSPS) is 10.1. The first-order valence-corrected chi connectivity index (χ1v) is 6.23. The predicted octanol–water partition coefficient (Wildman–Crippen LogP) is 3.08. The fourth-order valence-electron chi connectivity index (χ4n) is 1.48. The van der Waals surface area contributed by atoms with Crippen LogP contribution in [0.3, 0.4) is 0 Å². The van der Waals surface area contributed by atoms with Crippen molar-refractivity contribution in [3.8, 4) is 11.5 Å². The molecule has 1 aromatic carbocycles. The van der Waals surface area contributed by atoms with E-state index < -0.39 is 21.2 Å². The Kier molecular flexibility index (Phi) is 5.70. The summed E-state index contributed by atoms with van der Waals surface area (Å²) in [5.41, 5.74) is -1.21. The number of nitro groups is 2. The third-order valence-electron chi connectivity index (χ3n) is 2.36. The van der Waals surface area contributed by atoms with Crippen molar-refractivity contribution in [1.82, 2.24) is 0 Å². The summed E-state index contributed by atoms with van der Waals surface area (Å²) in [5.74, 6) is 0.301. The van der Waals surface area contributed by atoms with Crippen molar-refractivity contribution in [2.45, 2.75) is 26.7 Å². The van der Waals surface area contributed by atoms with Gasteiger partial charge in [-0.1, -0.05) is 13.8 Å². The molecule has 0 unspecified atom stereocenters. The largest absolute Gasteiger partial charge is 0.489 e. The Hall–Kier alpha value is -2.38. The first kappa shape index (κ1) is 15.7. The third kappa shape index (κ3) is 3.81. The average molecular weight is 284 g/mol. The second-order valence-corrected chi connectivity index (χ2v) is 4.00. The zero-order valence-electron chi connectivity index (χ0n) is 11.3. The molecule has 8 heteroatoms. The van der Waals surface area contributed by atoms with Crippen LogP contribution in [0.2, 0.25) is 0 Å². The minimum Gasteiger partial charge on any atom is -0.489 e. The minimum absolute atomic E-state index is 0.151. The van der Waals surface area contributed by atoms with Crippen molar-refractivity contribution in [2.24, 2.45) is 0 Å². The van der Waals surface area contributed by atoms with Crippen LogP contribution in [0.5, 0.6) is 11.5 Å². The molecule has 0 saturated carbocycles. The van der Waals surface area contributed by atoms with Crippen molar-refractivity contribution in [2.75, 3.05) is 13.2 Å². The van der Waals surface area contributed by atoms with Gasteiger partial charge in [0.25, 0.3) is 0 Å². The van der Waals surface area contributed by atoms with Gasteiger partial charge in [-0.15, -0.1) is 0 Å². The van der Waals surface area contributed by atoms with Gasteiger partial charge in [0.05, 0.1) is 35.2 Å². The van der Waals surface area contributed by atoms with Crippen LogP contribution in [-0.4, -0.2) is 23.1 Å². The van der Waals surface area contributed by atoms with Gasteiger partial charge in [0, 0.05) is 0 Å². The van der Waals surface area contributed by atoms with Crippen molar-refractivity contribution in [3.05, 3.63) is 32.4 Å². The second kappa shape index (κ2) is 7.27. The lowest BCUT2D eigenvalue weighted by Crippen LogP contribution is -2.04. The second-order valence-electron chi connectivity index (χ2n) is 4.00. The van der Waals surface area contributed by atoms with Crippen molar-refractivity contribution >= 4 is 11.4 Å². The van der Waals surface area contributed by atoms with Gasteiger partial charge in [-0.3, -0.25) is 20.2 Å². The van der Waals surface area contributed by atoms with Crippen LogP contribution in [0.25, 0.3) is 0 Å². The first-order valence-electron chi connectivity index (χ1n) is 6.23. The Morgan fingerprint density at radius 2 is 1.25 bits per heavy atom. The highest BCUT2D eigenvalue weighted by atomic mass is 16.6. The quantitative estimate of drug-likeness (QED) is 0.536. The monoisotopic (exact) mass is 284 g/mol. The lowest BCUT2D eigenvalue weighted by molar-refractivity contribution is -0.422. The Balaban J connectivity index is 3.27. The van der Waals surface area contributed by atoms with Crippen LogP contribution < -0.4 is 9.47 Å². The van der Waals surface area contributed by atoms with Gasteiger partial charge < -0.3 is 9.47 Å². The fraction of sp³-hybridized carbons (Fsp3) is 0.500. The molecular weight excluding hydrogens is 268 g/mol. The standard InChI is InChI=1S/C12H16N2O6/c1-3-5-19-11-7-9(13(15)16)10(14(17)18)8-12(11)20-6-4-2/h7-8H,3-6H2,1-2H3. The molecule has 0 N–H and O–H groups in total. The number of hydrogen-bond donors (Lipinski definition) is 0. The molecule has 0 fully saturated rings. The molecule has 0 radical (unpaired) electrons. The van der Waals surface area contributed by atoms with Crippen LogP contribution >= 0.6 is 0 Å². The molecule has 0 atom stereocenters. The van der Waals surface area contributed by atoms with E-state index in [0.717, 1.165) is 12.1 Å². The molecule has 0 amide bonds. The van der Waals surface area contributed by atoms with Crippen LogP contribution in [0.4, 0.5) is 11.4 Å². The van der Waals surface area contributed by atoms with Crippen LogP contribution in [0, 0.1) is 20.2 Å². The molecule has 0 aliphatic carbocycles. The summed E-state index contributed by atoms with van der Waals surface area (Å²) >= 11 is 0. The topological polar surface area (TPSA) is 105 Å². The zero-order chi connectivity index (χ0) is 15.1. The van der Waals surface area contributed by atoms with Crippen LogP contribution in [0.15, 0.2) is 12.1 Å². The molecule has 0 bridgehead atoms. The summed E-state index contributed by atoms with van der Waals surface area (Å²) in [6.45, 7) is 4.45.